The van der Waals surface area contributed by atoms with E-state index in [0.717, 1.165) is 0 Å². The summed E-state index contributed by atoms with van der Waals surface area (Å²) >= 11 is 0. The smallest absolute Gasteiger partial charge is 0.326 e. The van der Waals surface area contributed by atoms with Crippen molar-refractivity contribution in [3.8, 4) is 0 Å². The number of hydrogen-bond acceptors (Lipinski definition) is 3. The first-order valence-electron chi connectivity index (χ1n) is 6.10. The van der Waals surface area contributed by atoms with Crippen LogP contribution >= 0.6 is 0 Å². The van der Waals surface area contributed by atoms with Crippen LogP contribution in [-0.2, 0) is 9.59 Å². The van der Waals surface area contributed by atoms with E-state index in [2.05, 4.69) is 5.32 Å². The minimum atomic E-state index is -1.24. The van der Waals surface area contributed by atoms with Gasteiger partial charge >= 0.3 is 18.0 Å². The van der Waals surface area contributed by atoms with Crippen LogP contribution in [0.2, 0.25) is 0 Å². The number of hydrogen-bond donors (Lipinski definition) is 3. The van der Waals surface area contributed by atoms with Gasteiger partial charge in [-0.2, -0.15) is 0 Å². The Morgan fingerprint density at radius 2 is 1.79 bits per heavy atom. The lowest BCUT2D eigenvalue weighted by atomic mass is 10.0. The van der Waals surface area contributed by atoms with E-state index in [9.17, 15) is 14.4 Å². The fraction of sp³-hybridized carbons (Fsp3) is 0.750. The molecule has 0 saturated carbocycles. The second-order valence-corrected chi connectivity index (χ2v) is 5.00. The van der Waals surface area contributed by atoms with Crippen molar-refractivity contribution in [3.05, 3.63) is 0 Å². The van der Waals surface area contributed by atoms with E-state index in [4.69, 9.17) is 10.2 Å². The Morgan fingerprint density at radius 3 is 2.16 bits per heavy atom. The molecule has 0 bridgehead atoms. The molecule has 0 spiro atoms. The molecule has 0 aromatic heterocycles. The molecule has 0 aliphatic carbocycles. The lowest BCUT2D eigenvalue weighted by Gasteiger charge is -2.35. The Labute approximate surface area is 112 Å². The summed E-state index contributed by atoms with van der Waals surface area (Å²) in [6, 6.07) is -1.72. The first-order chi connectivity index (χ1) is 8.61. The largest absolute Gasteiger partial charge is 0.481 e. The predicted molar refractivity (Wildman–Crippen MR) is 69.0 cm³/mol. The van der Waals surface area contributed by atoms with Crippen molar-refractivity contribution in [2.45, 2.75) is 51.6 Å². The third kappa shape index (κ3) is 5.58. The van der Waals surface area contributed by atoms with Gasteiger partial charge in [0.15, 0.2) is 0 Å². The van der Waals surface area contributed by atoms with E-state index >= 15 is 0 Å². The summed E-state index contributed by atoms with van der Waals surface area (Å²) in [6.07, 6.45) is 0.263. The molecule has 19 heavy (non-hydrogen) atoms. The molecule has 110 valence electrons. The van der Waals surface area contributed by atoms with Crippen molar-refractivity contribution in [2.75, 3.05) is 7.05 Å². The standard InChI is InChI=1S/C12H22N2O5/c1-5-12(2,3)14(4)11(19)13-8(10(17)18)6-7-9(15)16/h8H,5-7H2,1-4H3,(H,13,19)(H,15,16)(H,17,18). The maximum atomic E-state index is 11.9. The van der Waals surface area contributed by atoms with Crippen molar-refractivity contribution < 1.29 is 24.6 Å². The average Bonchev–Trinajstić information content (AvgIpc) is 2.32. The van der Waals surface area contributed by atoms with E-state index in [0.29, 0.717) is 6.42 Å². The highest BCUT2D eigenvalue weighted by molar-refractivity contribution is 5.83. The van der Waals surface area contributed by atoms with Gasteiger partial charge < -0.3 is 20.4 Å². The van der Waals surface area contributed by atoms with Gasteiger partial charge in [0.2, 0.25) is 0 Å². The number of carboxylic acid groups (broad SMARTS) is 2. The number of carboxylic acids is 2. The summed E-state index contributed by atoms with van der Waals surface area (Å²) in [4.78, 5) is 34.7. The molecular formula is C12H22N2O5. The maximum absolute atomic E-state index is 11.9. The minimum absolute atomic E-state index is 0.142. The van der Waals surface area contributed by atoms with Crippen LogP contribution in [0, 0.1) is 0 Å². The molecule has 0 fully saturated rings. The molecule has 7 nitrogen and oxygen atoms in total. The third-order valence-corrected chi connectivity index (χ3v) is 3.32. The number of rotatable bonds is 7. The molecule has 0 aliphatic rings. The number of carbonyl (C=O) groups excluding carboxylic acids is 1. The average molecular weight is 274 g/mol. The van der Waals surface area contributed by atoms with Crippen LogP contribution in [0.3, 0.4) is 0 Å². The van der Waals surface area contributed by atoms with Gasteiger partial charge in [-0.25, -0.2) is 9.59 Å². The molecule has 0 rings (SSSR count). The van der Waals surface area contributed by atoms with Crippen LogP contribution in [0.5, 0.6) is 0 Å². The molecule has 2 amide bonds. The van der Waals surface area contributed by atoms with Crippen molar-refractivity contribution in [3.63, 3.8) is 0 Å². The monoisotopic (exact) mass is 274 g/mol. The van der Waals surface area contributed by atoms with Crippen LogP contribution in [0.4, 0.5) is 4.79 Å². The van der Waals surface area contributed by atoms with Crippen molar-refractivity contribution in [1.82, 2.24) is 10.2 Å². The van der Waals surface area contributed by atoms with Crippen molar-refractivity contribution in [1.29, 1.82) is 0 Å². The van der Waals surface area contributed by atoms with Crippen LogP contribution in [0.1, 0.15) is 40.0 Å². The van der Waals surface area contributed by atoms with Crippen LogP contribution in [-0.4, -0.2) is 51.7 Å². The molecular weight excluding hydrogens is 252 g/mol. The number of carbonyl (C=O) groups is 3. The molecule has 0 aliphatic heterocycles. The topological polar surface area (TPSA) is 107 Å². The molecule has 0 aromatic carbocycles. The maximum Gasteiger partial charge on any atom is 0.326 e. The Hall–Kier alpha value is -1.79. The van der Waals surface area contributed by atoms with Gasteiger partial charge in [-0.3, -0.25) is 4.79 Å². The second kappa shape index (κ2) is 6.96. The Morgan fingerprint density at radius 1 is 1.26 bits per heavy atom. The lowest BCUT2D eigenvalue weighted by molar-refractivity contribution is -0.140. The summed E-state index contributed by atoms with van der Waals surface area (Å²) in [6.45, 7) is 5.64. The molecule has 7 heteroatoms. The highest BCUT2D eigenvalue weighted by Crippen LogP contribution is 2.16. The number of urea groups is 1. The van der Waals surface area contributed by atoms with Crippen LogP contribution < -0.4 is 5.32 Å². The lowest BCUT2D eigenvalue weighted by Crippen LogP contribution is -2.53. The molecule has 3 N–H and O–H groups in total. The second-order valence-electron chi connectivity index (χ2n) is 5.00. The van der Waals surface area contributed by atoms with Gasteiger partial charge in [-0.05, 0) is 26.7 Å². The van der Waals surface area contributed by atoms with Crippen LogP contribution in [0.15, 0.2) is 0 Å². The van der Waals surface area contributed by atoms with E-state index in [1.54, 1.807) is 7.05 Å². The summed E-state index contributed by atoms with van der Waals surface area (Å²) in [5.41, 5.74) is -0.403. The van der Waals surface area contributed by atoms with Crippen molar-refractivity contribution >= 4 is 18.0 Å². The summed E-state index contributed by atoms with van der Waals surface area (Å²) in [5.74, 6) is -2.33. The molecule has 0 saturated heterocycles. The summed E-state index contributed by atoms with van der Waals surface area (Å²) in [5, 5.41) is 19.8. The quantitative estimate of drug-likeness (QED) is 0.645. The van der Waals surface area contributed by atoms with Gasteiger partial charge in [0, 0.05) is 19.0 Å². The summed E-state index contributed by atoms with van der Waals surface area (Å²) < 4.78 is 0. The third-order valence-electron chi connectivity index (χ3n) is 3.32. The molecule has 0 heterocycles. The molecule has 0 radical (unpaired) electrons. The van der Waals surface area contributed by atoms with E-state index < -0.39 is 29.6 Å². The minimum Gasteiger partial charge on any atom is -0.481 e. The Balaban J connectivity index is 4.64. The summed E-state index contributed by atoms with van der Waals surface area (Å²) in [7, 11) is 1.58. The number of nitrogens with one attached hydrogen (secondary N) is 1. The normalized spacial score (nSPS) is 12.6. The predicted octanol–water partition coefficient (Wildman–Crippen LogP) is 1.13. The Kier molecular flexibility index (Phi) is 6.31. The SMILES string of the molecule is CCC(C)(C)N(C)C(=O)NC(CCC(=O)O)C(=O)O. The van der Waals surface area contributed by atoms with Gasteiger partial charge in [0.25, 0.3) is 0 Å². The van der Waals surface area contributed by atoms with Crippen molar-refractivity contribution in [2.24, 2.45) is 0 Å². The first kappa shape index (κ1) is 17.2. The van der Waals surface area contributed by atoms with E-state index in [1.165, 1.54) is 4.90 Å². The van der Waals surface area contributed by atoms with Crippen LogP contribution in [0.25, 0.3) is 0 Å². The van der Waals surface area contributed by atoms with E-state index in [1.807, 2.05) is 20.8 Å². The van der Waals surface area contributed by atoms with E-state index in [-0.39, 0.29) is 12.8 Å². The first-order valence-corrected chi connectivity index (χ1v) is 6.10. The fourth-order valence-corrected chi connectivity index (χ4v) is 1.28. The number of nitrogens with zero attached hydrogens (tertiary/aromatic N) is 1. The highest BCUT2D eigenvalue weighted by Gasteiger charge is 2.29. The number of amides is 2. The van der Waals surface area contributed by atoms with Gasteiger partial charge in [0.05, 0.1) is 0 Å². The zero-order valence-corrected chi connectivity index (χ0v) is 11.8. The van der Waals surface area contributed by atoms with Gasteiger partial charge in [-0.15, -0.1) is 0 Å². The molecule has 0 aromatic rings. The zero-order chi connectivity index (χ0) is 15.2. The highest BCUT2D eigenvalue weighted by atomic mass is 16.4. The zero-order valence-electron chi connectivity index (χ0n) is 11.8. The number of aliphatic carboxylic acids is 2. The van der Waals surface area contributed by atoms with Gasteiger partial charge in [0.1, 0.15) is 6.04 Å². The molecule has 1 unspecified atom stereocenters. The molecule has 1 atom stereocenters. The Bertz CT molecular complexity index is 354. The van der Waals surface area contributed by atoms with Gasteiger partial charge in [-0.1, -0.05) is 6.92 Å². The fourth-order valence-electron chi connectivity index (χ4n) is 1.28.